The predicted molar refractivity (Wildman–Crippen MR) is 74.6 cm³/mol. The quantitative estimate of drug-likeness (QED) is 0.853. The Morgan fingerprint density at radius 2 is 2.06 bits per heavy atom. The number of hydrogen-bond donors (Lipinski definition) is 1. The lowest BCUT2D eigenvalue weighted by Gasteiger charge is -2.27. The average molecular weight is 267 g/mol. The minimum absolute atomic E-state index is 0.241. The van der Waals surface area contributed by atoms with Crippen LogP contribution in [0.5, 0.6) is 5.75 Å². The lowest BCUT2D eigenvalue weighted by atomic mass is 10.1. The van der Waals surface area contributed by atoms with Crippen LogP contribution in [0.4, 0.5) is 0 Å². The van der Waals surface area contributed by atoms with Crippen LogP contribution in [0.1, 0.15) is 38.3 Å². The van der Waals surface area contributed by atoms with Crippen molar-refractivity contribution in [3.63, 3.8) is 0 Å². The highest BCUT2D eigenvalue weighted by Gasteiger charge is 2.34. The lowest BCUT2D eigenvalue weighted by Crippen LogP contribution is -2.34. The van der Waals surface area contributed by atoms with Crippen LogP contribution in [0.2, 0.25) is 0 Å². The Labute approximate surface area is 112 Å². The third-order valence-corrected chi connectivity index (χ3v) is 5.13. The standard InChI is InChI=1S/C14H21NO2S/c1-11(2)10-18(17)15-9-3-4-14(15)12-5-7-13(16)8-6-12/h5-8,11,14,16H,3-4,9-10H2,1-2H3/t14-,18?/m1/s1. The topological polar surface area (TPSA) is 46.5 Å². The number of benzene rings is 1. The van der Waals surface area contributed by atoms with Gasteiger partial charge in [0.1, 0.15) is 11.5 Å². The van der Waals surface area contributed by atoms with Gasteiger partial charge >= 0.3 is 0 Å². The van der Waals surface area contributed by atoms with E-state index >= 15 is 0 Å². The fourth-order valence-corrected chi connectivity index (χ4v) is 4.00. The van der Waals surface area contributed by atoms with Gasteiger partial charge in [0, 0.05) is 17.9 Å². The predicted octanol–water partition coefficient (Wildman–Crippen LogP) is 2.85. The van der Waals surface area contributed by atoms with Gasteiger partial charge in [0.2, 0.25) is 0 Å². The second-order valence-corrected chi connectivity index (χ2v) is 6.72. The number of hydrogen-bond acceptors (Lipinski definition) is 3. The van der Waals surface area contributed by atoms with Gasteiger partial charge in [0.25, 0.3) is 0 Å². The zero-order valence-corrected chi connectivity index (χ0v) is 11.8. The van der Waals surface area contributed by atoms with Crippen molar-refractivity contribution in [1.82, 2.24) is 4.31 Å². The van der Waals surface area contributed by atoms with Crippen molar-refractivity contribution < 1.29 is 9.66 Å². The Morgan fingerprint density at radius 3 is 2.67 bits per heavy atom. The van der Waals surface area contributed by atoms with Gasteiger partial charge in [-0.2, -0.15) is 0 Å². The third kappa shape index (κ3) is 3.19. The maximum Gasteiger partial charge on any atom is 0.128 e. The molecule has 2 atom stereocenters. The molecular formula is C14H21NO2S. The number of aromatic hydroxyl groups is 1. The summed E-state index contributed by atoms with van der Waals surface area (Å²) in [5, 5.41) is 9.32. The molecule has 1 fully saturated rings. The first kappa shape index (κ1) is 13.7. The highest BCUT2D eigenvalue weighted by atomic mass is 32.2. The molecular weight excluding hydrogens is 246 g/mol. The Morgan fingerprint density at radius 1 is 1.39 bits per heavy atom. The van der Waals surface area contributed by atoms with E-state index in [0.29, 0.717) is 5.92 Å². The number of nitrogens with zero attached hydrogens (tertiary/aromatic N) is 1. The van der Waals surface area contributed by atoms with Crippen LogP contribution in [-0.2, 0) is 11.4 Å². The molecule has 1 N–H and O–H groups in total. The molecule has 0 aliphatic carbocycles. The van der Waals surface area contributed by atoms with Crippen LogP contribution in [0, 0.1) is 5.92 Å². The summed E-state index contributed by atoms with van der Waals surface area (Å²) in [4.78, 5) is 0. The van der Waals surface area contributed by atoms with Crippen LogP contribution < -0.4 is 0 Å². The smallest absolute Gasteiger partial charge is 0.128 e. The molecule has 1 unspecified atom stereocenters. The van der Waals surface area contributed by atoms with Gasteiger partial charge in [0.05, 0.1) is 6.04 Å². The molecule has 0 saturated carbocycles. The molecule has 0 spiro atoms. The van der Waals surface area contributed by atoms with Crippen LogP contribution >= 0.6 is 0 Å². The van der Waals surface area contributed by atoms with E-state index in [4.69, 9.17) is 0 Å². The first-order valence-electron chi connectivity index (χ1n) is 6.52. The van der Waals surface area contributed by atoms with E-state index in [-0.39, 0.29) is 11.8 Å². The van der Waals surface area contributed by atoms with Crippen molar-refractivity contribution in [2.24, 2.45) is 5.92 Å². The molecule has 0 radical (unpaired) electrons. The van der Waals surface area contributed by atoms with Gasteiger partial charge in [0.15, 0.2) is 0 Å². The molecule has 0 amide bonds. The first-order chi connectivity index (χ1) is 8.58. The first-order valence-corrected chi connectivity index (χ1v) is 7.79. The minimum atomic E-state index is -0.891. The van der Waals surface area contributed by atoms with E-state index in [1.165, 1.54) is 0 Å². The second kappa shape index (κ2) is 5.95. The third-order valence-electron chi connectivity index (χ3n) is 3.22. The van der Waals surface area contributed by atoms with Crippen molar-refractivity contribution >= 4 is 11.4 Å². The number of rotatable bonds is 4. The molecule has 0 aromatic heterocycles. The van der Waals surface area contributed by atoms with E-state index in [9.17, 15) is 9.66 Å². The SMILES string of the molecule is CC(C)C[S+]([O-])N1CCC[C@@H]1c1ccc(O)cc1. The second-order valence-electron chi connectivity index (χ2n) is 5.27. The van der Waals surface area contributed by atoms with Crippen LogP contribution in [0.3, 0.4) is 0 Å². The molecule has 0 bridgehead atoms. The van der Waals surface area contributed by atoms with Crippen LogP contribution in [0.25, 0.3) is 0 Å². The summed E-state index contributed by atoms with van der Waals surface area (Å²) in [6.07, 6.45) is 2.14. The van der Waals surface area contributed by atoms with E-state index in [2.05, 4.69) is 18.2 Å². The van der Waals surface area contributed by atoms with E-state index in [1.54, 1.807) is 12.1 Å². The monoisotopic (exact) mass is 267 g/mol. The van der Waals surface area contributed by atoms with Crippen LogP contribution in [-0.4, -0.2) is 26.3 Å². The van der Waals surface area contributed by atoms with Crippen molar-refractivity contribution in [3.8, 4) is 5.75 Å². The van der Waals surface area contributed by atoms with Crippen LogP contribution in [0.15, 0.2) is 24.3 Å². The molecule has 1 heterocycles. The van der Waals surface area contributed by atoms with Crippen molar-refractivity contribution in [2.75, 3.05) is 12.3 Å². The maximum absolute atomic E-state index is 12.3. The van der Waals surface area contributed by atoms with Gasteiger partial charge in [-0.15, -0.1) is 4.31 Å². The Hall–Kier alpha value is -0.710. The van der Waals surface area contributed by atoms with E-state index in [0.717, 1.165) is 30.7 Å². The average Bonchev–Trinajstić information content (AvgIpc) is 2.78. The summed E-state index contributed by atoms with van der Waals surface area (Å²) in [5.74, 6) is 1.47. The molecule has 2 rings (SSSR count). The molecule has 4 heteroatoms. The Balaban J connectivity index is 2.09. The Bertz CT molecular complexity index is 380. The summed E-state index contributed by atoms with van der Waals surface area (Å²) in [6.45, 7) is 5.11. The number of phenols is 1. The molecule has 1 saturated heterocycles. The zero-order chi connectivity index (χ0) is 13.1. The summed E-state index contributed by atoms with van der Waals surface area (Å²) in [7, 11) is 0. The molecule has 1 aromatic rings. The normalized spacial score (nSPS) is 22.6. The summed E-state index contributed by atoms with van der Waals surface area (Å²) in [6, 6.07) is 7.52. The summed E-state index contributed by atoms with van der Waals surface area (Å²) >= 11 is -0.891. The lowest BCUT2D eigenvalue weighted by molar-refractivity contribution is 0.392. The van der Waals surface area contributed by atoms with Gasteiger partial charge in [-0.05, 0) is 36.5 Å². The molecule has 1 aliphatic rings. The van der Waals surface area contributed by atoms with Gasteiger partial charge < -0.3 is 9.66 Å². The van der Waals surface area contributed by atoms with Gasteiger partial charge in [-0.1, -0.05) is 26.0 Å². The minimum Gasteiger partial charge on any atom is -0.598 e. The van der Waals surface area contributed by atoms with E-state index in [1.807, 2.05) is 12.1 Å². The molecule has 1 aromatic carbocycles. The number of phenolic OH excluding ortho intramolecular Hbond substituents is 1. The fraction of sp³-hybridized carbons (Fsp3) is 0.571. The maximum atomic E-state index is 12.3. The van der Waals surface area contributed by atoms with Gasteiger partial charge in [-0.25, -0.2) is 0 Å². The fourth-order valence-electron chi connectivity index (χ4n) is 2.39. The largest absolute Gasteiger partial charge is 0.598 e. The van der Waals surface area contributed by atoms with Crippen molar-refractivity contribution in [3.05, 3.63) is 29.8 Å². The van der Waals surface area contributed by atoms with Crippen molar-refractivity contribution in [2.45, 2.75) is 32.7 Å². The van der Waals surface area contributed by atoms with Gasteiger partial charge in [-0.3, -0.25) is 0 Å². The summed E-state index contributed by atoms with van der Waals surface area (Å²) < 4.78 is 14.4. The summed E-state index contributed by atoms with van der Waals surface area (Å²) in [5.41, 5.74) is 1.16. The molecule has 18 heavy (non-hydrogen) atoms. The Kier molecular flexibility index (Phi) is 4.54. The van der Waals surface area contributed by atoms with E-state index < -0.39 is 11.4 Å². The molecule has 1 aliphatic heterocycles. The molecule has 3 nitrogen and oxygen atoms in total. The highest BCUT2D eigenvalue weighted by Crippen LogP contribution is 2.35. The molecule has 100 valence electrons. The highest BCUT2D eigenvalue weighted by molar-refractivity contribution is 7.89. The van der Waals surface area contributed by atoms with Crippen molar-refractivity contribution in [1.29, 1.82) is 0 Å². The zero-order valence-electron chi connectivity index (χ0n) is 11.0.